The average Bonchev–Trinajstić information content (AvgIpc) is 2.66. The summed E-state index contributed by atoms with van der Waals surface area (Å²) in [6.45, 7) is 5.75. The predicted octanol–water partition coefficient (Wildman–Crippen LogP) is 3.04. The second-order valence-electron chi connectivity index (χ2n) is 4.77. The molecule has 0 bridgehead atoms. The molecule has 2 aromatic heterocycles. The molecule has 19 heavy (non-hydrogen) atoms. The molecule has 1 atom stereocenters. The van der Waals surface area contributed by atoms with E-state index in [1.54, 1.807) is 10.8 Å². The first-order chi connectivity index (χ1) is 8.95. The fraction of sp³-hybridized carbons (Fsp3) is 0.462. The molecular formula is C13H16BrN3O2. The van der Waals surface area contributed by atoms with Gasteiger partial charge in [0.05, 0.1) is 0 Å². The zero-order valence-electron chi connectivity index (χ0n) is 11.1. The molecule has 5 nitrogen and oxygen atoms in total. The zero-order valence-corrected chi connectivity index (χ0v) is 12.7. The van der Waals surface area contributed by atoms with E-state index in [9.17, 15) is 9.90 Å². The van der Waals surface area contributed by atoms with Gasteiger partial charge in [0.1, 0.15) is 17.4 Å². The molecule has 6 heteroatoms. The Morgan fingerprint density at radius 3 is 2.74 bits per heavy atom. The summed E-state index contributed by atoms with van der Waals surface area (Å²) in [5.74, 6) is -0.138. The minimum Gasteiger partial charge on any atom is -0.480 e. The van der Waals surface area contributed by atoms with Crippen LogP contribution in [0.3, 0.4) is 0 Å². The van der Waals surface area contributed by atoms with E-state index in [2.05, 4.69) is 25.9 Å². The third-order valence-corrected chi connectivity index (χ3v) is 3.48. The molecule has 0 fully saturated rings. The monoisotopic (exact) mass is 325 g/mol. The Morgan fingerprint density at radius 2 is 2.21 bits per heavy atom. The van der Waals surface area contributed by atoms with Gasteiger partial charge in [0.15, 0.2) is 5.65 Å². The van der Waals surface area contributed by atoms with Crippen molar-refractivity contribution in [2.45, 2.75) is 33.2 Å². The number of fused-ring (bicyclic) bond motifs is 1. The van der Waals surface area contributed by atoms with Crippen molar-refractivity contribution < 1.29 is 9.90 Å². The number of carboxylic acid groups (broad SMARTS) is 1. The van der Waals surface area contributed by atoms with Gasteiger partial charge in [-0.25, -0.2) is 14.8 Å². The Hall–Kier alpha value is -1.43. The topological polar surface area (TPSA) is 68.0 Å². The standard InChI is InChI=1S/C13H16BrN3O2/c1-4-10-16-9-5-8(14)6-15-12(9)17(10)11(7(2)3)13(18)19/h5-7,11H,4H2,1-3H3,(H,18,19). The second kappa shape index (κ2) is 5.28. The van der Waals surface area contributed by atoms with E-state index in [-0.39, 0.29) is 5.92 Å². The Morgan fingerprint density at radius 1 is 1.53 bits per heavy atom. The number of aryl methyl sites for hydroxylation is 1. The maximum absolute atomic E-state index is 11.5. The molecular weight excluding hydrogens is 310 g/mol. The van der Waals surface area contributed by atoms with Crippen LogP contribution in [0.5, 0.6) is 0 Å². The SMILES string of the molecule is CCc1nc2cc(Br)cnc2n1C(C(=O)O)C(C)C. The number of nitrogens with zero attached hydrogens (tertiary/aromatic N) is 3. The minimum absolute atomic E-state index is 0.0364. The Kier molecular flexibility index (Phi) is 3.89. The normalized spacial score (nSPS) is 13.1. The number of halogens is 1. The number of pyridine rings is 1. The largest absolute Gasteiger partial charge is 0.480 e. The van der Waals surface area contributed by atoms with Gasteiger partial charge in [0.25, 0.3) is 0 Å². The van der Waals surface area contributed by atoms with Crippen LogP contribution in [0, 0.1) is 5.92 Å². The zero-order chi connectivity index (χ0) is 14.2. The summed E-state index contributed by atoms with van der Waals surface area (Å²) in [5.41, 5.74) is 1.35. The lowest BCUT2D eigenvalue weighted by molar-refractivity contribution is -0.142. The second-order valence-corrected chi connectivity index (χ2v) is 5.69. The minimum atomic E-state index is -0.853. The van der Waals surface area contributed by atoms with Crippen molar-refractivity contribution >= 4 is 33.1 Å². The molecule has 2 heterocycles. The van der Waals surface area contributed by atoms with Crippen LogP contribution >= 0.6 is 15.9 Å². The van der Waals surface area contributed by atoms with E-state index in [1.165, 1.54) is 0 Å². The van der Waals surface area contributed by atoms with Crippen molar-refractivity contribution in [3.63, 3.8) is 0 Å². The van der Waals surface area contributed by atoms with Gasteiger partial charge < -0.3 is 5.11 Å². The highest BCUT2D eigenvalue weighted by Gasteiger charge is 2.28. The average molecular weight is 326 g/mol. The lowest BCUT2D eigenvalue weighted by Crippen LogP contribution is -2.26. The Balaban J connectivity index is 2.72. The first-order valence-electron chi connectivity index (χ1n) is 6.20. The van der Waals surface area contributed by atoms with E-state index in [1.807, 2.05) is 26.8 Å². The maximum Gasteiger partial charge on any atom is 0.327 e. The molecule has 0 aliphatic carbocycles. The van der Waals surface area contributed by atoms with E-state index >= 15 is 0 Å². The molecule has 0 radical (unpaired) electrons. The van der Waals surface area contributed by atoms with Crippen molar-refractivity contribution in [1.29, 1.82) is 0 Å². The number of carbonyl (C=O) groups is 1. The lowest BCUT2D eigenvalue weighted by atomic mass is 10.0. The van der Waals surface area contributed by atoms with Gasteiger partial charge in [0, 0.05) is 17.1 Å². The van der Waals surface area contributed by atoms with Crippen LogP contribution in [0.1, 0.15) is 32.6 Å². The molecule has 0 aromatic carbocycles. The highest BCUT2D eigenvalue weighted by atomic mass is 79.9. The van der Waals surface area contributed by atoms with Gasteiger partial charge in [-0.2, -0.15) is 0 Å². The smallest absolute Gasteiger partial charge is 0.327 e. The quantitative estimate of drug-likeness (QED) is 0.938. The number of aromatic nitrogens is 3. The van der Waals surface area contributed by atoms with Crippen LogP contribution in [0.2, 0.25) is 0 Å². The number of aliphatic carboxylic acids is 1. The van der Waals surface area contributed by atoms with Gasteiger partial charge in [-0.05, 0) is 27.9 Å². The van der Waals surface area contributed by atoms with Crippen molar-refractivity contribution in [3.8, 4) is 0 Å². The van der Waals surface area contributed by atoms with E-state index in [4.69, 9.17) is 0 Å². The molecule has 0 amide bonds. The van der Waals surface area contributed by atoms with Gasteiger partial charge in [0.2, 0.25) is 0 Å². The summed E-state index contributed by atoms with van der Waals surface area (Å²) in [6.07, 6.45) is 2.34. The number of carboxylic acids is 1. The maximum atomic E-state index is 11.5. The summed E-state index contributed by atoms with van der Waals surface area (Å²) < 4.78 is 2.58. The molecule has 0 spiro atoms. The fourth-order valence-electron chi connectivity index (χ4n) is 2.24. The molecule has 1 N–H and O–H groups in total. The molecule has 0 aliphatic rings. The predicted molar refractivity (Wildman–Crippen MR) is 76.1 cm³/mol. The van der Waals surface area contributed by atoms with Crippen LogP contribution < -0.4 is 0 Å². The third kappa shape index (κ3) is 2.49. The number of imidazole rings is 1. The highest BCUT2D eigenvalue weighted by Crippen LogP contribution is 2.27. The molecule has 2 aromatic rings. The van der Waals surface area contributed by atoms with Crippen LogP contribution in [0.25, 0.3) is 11.2 Å². The summed E-state index contributed by atoms with van der Waals surface area (Å²) >= 11 is 3.35. The van der Waals surface area contributed by atoms with Crippen LogP contribution in [-0.4, -0.2) is 25.6 Å². The molecule has 102 valence electrons. The molecule has 2 rings (SSSR count). The third-order valence-electron chi connectivity index (χ3n) is 3.05. The van der Waals surface area contributed by atoms with E-state index < -0.39 is 12.0 Å². The van der Waals surface area contributed by atoms with Gasteiger partial charge in [-0.15, -0.1) is 0 Å². The lowest BCUT2D eigenvalue weighted by Gasteiger charge is -2.20. The summed E-state index contributed by atoms with van der Waals surface area (Å²) in [7, 11) is 0. The van der Waals surface area contributed by atoms with Crippen molar-refractivity contribution in [1.82, 2.24) is 14.5 Å². The fourth-order valence-corrected chi connectivity index (χ4v) is 2.56. The van der Waals surface area contributed by atoms with E-state index in [0.717, 1.165) is 15.8 Å². The summed E-state index contributed by atoms with van der Waals surface area (Å²) in [5, 5.41) is 9.46. The molecule has 0 aliphatic heterocycles. The molecule has 0 saturated carbocycles. The first kappa shape index (κ1) is 14.0. The Labute approximate surface area is 119 Å². The molecule has 0 saturated heterocycles. The number of hydrogen-bond acceptors (Lipinski definition) is 3. The van der Waals surface area contributed by atoms with E-state index in [0.29, 0.717) is 12.1 Å². The van der Waals surface area contributed by atoms with Gasteiger partial charge in [-0.3, -0.25) is 4.57 Å². The highest BCUT2D eigenvalue weighted by molar-refractivity contribution is 9.10. The van der Waals surface area contributed by atoms with Crippen LogP contribution in [0.4, 0.5) is 0 Å². The van der Waals surface area contributed by atoms with Crippen LogP contribution in [-0.2, 0) is 11.2 Å². The summed E-state index contributed by atoms with van der Waals surface area (Å²) in [6, 6.07) is 1.21. The first-order valence-corrected chi connectivity index (χ1v) is 7.00. The van der Waals surface area contributed by atoms with Gasteiger partial charge >= 0.3 is 5.97 Å². The Bertz CT molecular complexity index is 622. The summed E-state index contributed by atoms with van der Waals surface area (Å²) in [4.78, 5) is 20.3. The number of hydrogen-bond donors (Lipinski definition) is 1. The van der Waals surface area contributed by atoms with Crippen LogP contribution in [0.15, 0.2) is 16.7 Å². The van der Waals surface area contributed by atoms with Gasteiger partial charge in [-0.1, -0.05) is 20.8 Å². The van der Waals surface area contributed by atoms with Crippen molar-refractivity contribution in [2.24, 2.45) is 5.92 Å². The number of rotatable bonds is 4. The van der Waals surface area contributed by atoms with Crippen molar-refractivity contribution in [3.05, 3.63) is 22.6 Å². The van der Waals surface area contributed by atoms with Crippen molar-refractivity contribution in [2.75, 3.05) is 0 Å². The molecule has 1 unspecified atom stereocenters.